The van der Waals surface area contributed by atoms with E-state index in [0.29, 0.717) is 5.56 Å². The van der Waals surface area contributed by atoms with Crippen LogP contribution in [-0.2, 0) is 0 Å². The van der Waals surface area contributed by atoms with Crippen molar-refractivity contribution in [2.24, 2.45) is 0 Å². The Bertz CT molecular complexity index is 766. The van der Waals surface area contributed by atoms with E-state index in [1.54, 1.807) is 0 Å². The lowest BCUT2D eigenvalue weighted by Gasteiger charge is -2.09. The third-order valence-electron chi connectivity index (χ3n) is 2.83. The largest absolute Gasteiger partial charge is 0.507 e. The summed E-state index contributed by atoms with van der Waals surface area (Å²) >= 11 is 0. The number of fused-ring (bicyclic) bond motifs is 1. The van der Waals surface area contributed by atoms with E-state index in [0.717, 1.165) is 0 Å². The van der Waals surface area contributed by atoms with Crippen LogP contribution in [0.15, 0.2) is 35.0 Å². The van der Waals surface area contributed by atoms with E-state index < -0.39 is 11.2 Å². The molecule has 0 bridgehead atoms. The molecule has 0 saturated carbocycles. The first-order valence-electron chi connectivity index (χ1n) is 5.48. The van der Waals surface area contributed by atoms with Gasteiger partial charge in [-0.3, -0.25) is 4.79 Å². The highest BCUT2D eigenvalue weighted by Gasteiger charge is 2.17. The smallest absolute Gasteiger partial charge is 0.235 e. The van der Waals surface area contributed by atoms with Crippen molar-refractivity contribution in [2.75, 3.05) is 0 Å². The lowest BCUT2D eigenvalue weighted by molar-refractivity contribution is 0.435. The predicted molar refractivity (Wildman–Crippen MR) is 76.1 cm³/mol. The molecule has 0 unspecified atom stereocenters. The molecule has 0 spiro atoms. The molecule has 19 heavy (non-hydrogen) atoms. The Labute approximate surface area is 109 Å². The maximum absolute atomic E-state index is 12.0. The average molecular weight is 256 g/mol. The van der Waals surface area contributed by atoms with Crippen molar-refractivity contribution in [1.82, 2.24) is 0 Å². The number of benzene rings is 1. The van der Waals surface area contributed by atoms with Crippen molar-refractivity contribution < 1.29 is 14.6 Å². The van der Waals surface area contributed by atoms with Gasteiger partial charge in [-0.25, -0.2) is 0 Å². The summed E-state index contributed by atoms with van der Waals surface area (Å²) < 4.78 is 5.39. The zero-order valence-corrected chi connectivity index (χ0v) is 10.1. The zero-order valence-electron chi connectivity index (χ0n) is 10.1. The summed E-state index contributed by atoms with van der Waals surface area (Å²) in [4.78, 5) is 12.0. The minimum Gasteiger partial charge on any atom is -0.507 e. The van der Waals surface area contributed by atoms with Gasteiger partial charge < -0.3 is 14.6 Å². The fourth-order valence-corrected chi connectivity index (χ4v) is 1.86. The second-order valence-electron chi connectivity index (χ2n) is 3.86. The van der Waals surface area contributed by atoms with Crippen LogP contribution in [0.3, 0.4) is 0 Å². The number of rotatable bonds is 3. The highest BCUT2D eigenvalue weighted by atomic mass is 16.4. The molecule has 1 heterocycles. The summed E-state index contributed by atoms with van der Waals surface area (Å²) in [7, 11) is 0. The predicted octanol–water partition coefficient (Wildman–Crippen LogP) is 3.13. The average Bonchev–Trinajstić information content (AvgIpc) is 2.42. The summed E-state index contributed by atoms with van der Waals surface area (Å²) in [5.41, 5.74) is 0.186. The van der Waals surface area contributed by atoms with Crippen molar-refractivity contribution >= 4 is 29.2 Å². The fraction of sp³-hybridized carbons (Fsp3) is 0. The molecular weight excluding hydrogens is 244 g/mol. The van der Waals surface area contributed by atoms with Crippen molar-refractivity contribution in [3.05, 3.63) is 52.9 Å². The van der Waals surface area contributed by atoms with Crippen molar-refractivity contribution in [1.29, 1.82) is 0 Å². The molecule has 0 aliphatic rings. The number of hydrogen-bond acceptors (Lipinski definition) is 4. The van der Waals surface area contributed by atoms with E-state index in [1.165, 1.54) is 24.3 Å². The Morgan fingerprint density at radius 3 is 2.26 bits per heavy atom. The SMILES string of the molecule is C=Cc1cc2c(=O)c(O)c(C=C)oc2c(C=C)c1O. The van der Waals surface area contributed by atoms with Crippen LogP contribution in [0.2, 0.25) is 0 Å². The summed E-state index contributed by atoms with van der Waals surface area (Å²) in [5, 5.41) is 19.9. The molecule has 0 amide bonds. The van der Waals surface area contributed by atoms with E-state index in [9.17, 15) is 15.0 Å². The normalized spacial score (nSPS) is 10.3. The number of phenols is 1. The van der Waals surface area contributed by atoms with E-state index in [-0.39, 0.29) is 28.0 Å². The van der Waals surface area contributed by atoms with Crippen LogP contribution in [0.25, 0.3) is 29.2 Å². The van der Waals surface area contributed by atoms with Gasteiger partial charge in [0.15, 0.2) is 5.76 Å². The summed E-state index contributed by atoms with van der Waals surface area (Å²) in [5.74, 6) is -0.647. The summed E-state index contributed by atoms with van der Waals surface area (Å²) in [6.07, 6.45) is 4.00. The standard InChI is InChI=1S/C15H12O4/c1-4-8-7-10-13(17)14(18)11(6-3)19-15(10)9(5-2)12(8)16/h4-7,16,18H,1-3H2. The van der Waals surface area contributed by atoms with Crippen LogP contribution >= 0.6 is 0 Å². The van der Waals surface area contributed by atoms with E-state index in [4.69, 9.17) is 4.42 Å². The van der Waals surface area contributed by atoms with Gasteiger partial charge in [0.2, 0.25) is 11.2 Å². The molecule has 1 aromatic heterocycles. The van der Waals surface area contributed by atoms with Gasteiger partial charge in [-0.2, -0.15) is 0 Å². The molecule has 0 saturated heterocycles. The van der Waals surface area contributed by atoms with E-state index in [2.05, 4.69) is 19.7 Å². The molecule has 0 atom stereocenters. The van der Waals surface area contributed by atoms with Crippen LogP contribution in [0.1, 0.15) is 16.9 Å². The Morgan fingerprint density at radius 1 is 1.05 bits per heavy atom. The molecular formula is C15H12O4. The summed E-state index contributed by atoms with van der Waals surface area (Å²) in [6, 6.07) is 1.41. The minimum atomic E-state index is -0.595. The van der Waals surface area contributed by atoms with Gasteiger partial charge in [0.1, 0.15) is 11.3 Å². The van der Waals surface area contributed by atoms with Gasteiger partial charge in [0.05, 0.1) is 10.9 Å². The number of phenolic OH excluding ortho intramolecular Hbond substituents is 1. The maximum Gasteiger partial charge on any atom is 0.235 e. The van der Waals surface area contributed by atoms with E-state index >= 15 is 0 Å². The van der Waals surface area contributed by atoms with Gasteiger partial charge in [-0.15, -0.1) is 0 Å². The highest BCUT2D eigenvalue weighted by Crippen LogP contribution is 2.33. The monoisotopic (exact) mass is 256 g/mol. The molecule has 4 heteroatoms. The third kappa shape index (κ3) is 1.74. The molecule has 0 fully saturated rings. The van der Waals surface area contributed by atoms with Gasteiger partial charge >= 0.3 is 0 Å². The molecule has 2 aromatic rings. The van der Waals surface area contributed by atoms with Crippen molar-refractivity contribution in [3.63, 3.8) is 0 Å². The molecule has 1 aromatic carbocycles. The fourth-order valence-electron chi connectivity index (χ4n) is 1.86. The third-order valence-corrected chi connectivity index (χ3v) is 2.83. The maximum atomic E-state index is 12.0. The highest BCUT2D eigenvalue weighted by molar-refractivity contribution is 5.92. The minimum absolute atomic E-state index is 0.0497. The van der Waals surface area contributed by atoms with Gasteiger partial charge in [0.25, 0.3) is 0 Å². The molecule has 96 valence electrons. The molecule has 2 rings (SSSR count). The first kappa shape index (κ1) is 12.7. The first-order chi connectivity index (χ1) is 9.04. The molecule has 0 aliphatic heterocycles. The van der Waals surface area contributed by atoms with Crippen LogP contribution in [-0.4, -0.2) is 10.2 Å². The topological polar surface area (TPSA) is 70.7 Å². The second-order valence-corrected chi connectivity index (χ2v) is 3.86. The number of aromatic hydroxyl groups is 2. The second kappa shape index (κ2) is 4.49. The van der Waals surface area contributed by atoms with Crippen LogP contribution in [0, 0.1) is 0 Å². The lowest BCUT2D eigenvalue weighted by Crippen LogP contribution is -2.04. The van der Waals surface area contributed by atoms with Gasteiger partial charge in [-0.1, -0.05) is 31.9 Å². The lowest BCUT2D eigenvalue weighted by atomic mass is 10.0. The molecule has 0 radical (unpaired) electrons. The summed E-state index contributed by atoms with van der Waals surface area (Å²) in [6.45, 7) is 10.6. The van der Waals surface area contributed by atoms with Crippen LogP contribution < -0.4 is 5.43 Å². The van der Waals surface area contributed by atoms with E-state index in [1.807, 2.05) is 0 Å². The van der Waals surface area contributed by atoms with Crippen LogP contribution in [0.5, 0.6) is 11.5 Å². The van der Waals surface area contributed by atoms with Gasteiger partial charge in [0, 0.05) is 5.56 Å². The Hall–Kier alpha value is -2.75. The molecule has 4 nitrogen and oxygen atoms in total. The van der Waals surface area contributed by atoms with Crippen molar-refractivity contribution in [3.8, 4) is 11.5 Å². The molecule has 2 N–H and O–H groups in total. The Kier molecular flexibility index (Phi) is 3.00. The zero-order chi connectivity index (χ0) is 14.2. The first-order valence-corrected chi connectivity index (χ1v) is 5.48. The quantitative estimate of drug-likeness (QED) is 0.885. The number of hydrogen-bond donors (Lipinski definition) is 2. The Balaban J connectivity index is 3.12. The Morgan fingerprint density at radius 2 is 1.74 bits per heavy atom. The molecule has 0 aliphatic carbocycles. The van der Waals surface area contributed by atoms with Crippen molar-refractivity contribution in [2.45, 2.75) is 0 Å². The van der Waals surface area contributed by atoms with Gasteiger partial charge in [-0.05, 0) is 12.1 Å². The van der Waals surface area contributed by atoms with Crippen LogP contribution in [0.4, 0.5) is 0 Å².